The van der Waals surface area contributed by atoms with E-state index in [0.29, 0.717) is 12.1 Å². The first-order valence-corrected chi connectivity index (χ1v) is 8.57. The summed E-state index contributed by atoms with van der Waals surface area (Å²) in [5, 5.41) is 19.1. The van der Waals surface area contributed by atoms with Crippen LogP contribution in [-0.4, -0.2) is 32.7 Å². The molecule has 1 unspecified atom stereocenters. The number of hydrogen-bond acceptors (Lipinski definition) is 4. The molecule has 0 aliphatic heterocycles. The minimum atomic E-state index is -0.704. The fourth-order valence-corrected chi connectivity index (χ4v) is 3.24. The number of hydrogen-bond donors (Lipinski definition) is 2. The number of rotatable bonds is 6. The fourth-order valence-electron chi connectivity index (χ4n) is 2.54. The molecule has 0 radical (unpaired) electrons. The smallest absolute Gasteiger partial charge is 0.257 e. The number of nitrogens with one attached hydrogen (secondary N) is 1. The summed E-state index contributed by atoms with van der Waals surface area (Å²) in [6.07, 6.45) is 0.831. The normalized spacial score (nSPS) is 12.1. The van der Waals surface area contributed by atoms with E-state index in [2.05, 4.69) is 10.2 Å². The van der Waals surface area contributed by atoms with E-state index in [1.807, 2.05) is 54.8 Å². The molecule has 0 spiro atoms. The molecule has 2 heterocycles. The number of carbonyl (C=O) groups is 1. The van der Waals surface area contributed by atoms with Crippen molar-refractivity contribution in [1.29, 1.82) is 0 Å². The maximum atomic E-state index is 12.9. The van der Waals surface area contributed by atoms with Crippen LogP contribution in [0.25, 0.3) is 0 Å². The van der Waals surface area contributed by atoms with Crippen molar-refractivity contribution in [1.82, 2.24) is 15.1 Å². The van der Waals surface area contributed by atoms with E-state index in [1.165, 1.54) is 17.5 Å². The van der Waals surface area contributed by atoms with Crippen molar-refractivity contribution in [3.63, 3.8) is 0 Å². The Balaban J connectivity index is 1.83. The first-order chi connectivity index (χ1) is 11.6. The maximum absolute atomic E-state index is 12.9. The molecule has 1 atom stereocenters. The summed E-state index contributed by atoms with van der Waals surface area (Å²) in [4.78, 5) is 15.4. The van der Waals surface area contributed by atoms with Gasteiger partial charge in [0.15, 0.2) is 0 Å². The van der Waals surface area contributed by atoms with E-state index in [9.17, 15) is 9.90 Å². The molecule has 2 aromatic heterocycles. The number of carbonyl (C=O) groups excluding carboxylic acids is 1. The van der Waals surface area contributed by atoms with Gasteiger partial charge in [0.05, 0.1) is 18.3 Å². The number of benzene rings is 1. The summed E-state index contributed by atoms with van der Waals surface area (Å²) in [7, 11) is 0. The molecule has 3 aromatic rings. The van der Waals surface area contributed by atoms with Gasteiger partial charge in [0.2, 0.25) is 0 Å². The molecule has 0 saturated heterocycles. The minimum Gasteiger partial charge on any atom is -0.386 e. The van der Waals surface area contributed by atoms with Crippen LogP contribution in [0.5, 0.6) is 0 Å². The van der Waals surface area contributed by atoms with E-state index in [1.54, 1.807) is 4.90 Å². The average molecular weight is 341 g/mol. The highest BCUT2D eigenvalue weighted by molar-refractivity contribution is 7.10. The number of aryl methyl sites for hydroxylation is 1. The summed E-state index contributed by atoms with van der Waals surface area (Å²) in [6, 6.07) is 13.5. The number of thiophene rings is 1. The van der Waals surface area contributed by atoms with Crippen LogP contribution in [0.1, 0.15) is 32.6 Å². The van der Waals surface area contributed by atoms with Gasteiger partial charge in [0.25, 0.3) is 5.91 Å². The molecule has 0 aliphatic rings. The second-order valence-electron chi connectivity index (χ2n) is 5.61. The van der Waals surface area contributed by atoms with Crippen molar-refractivity contribution in [3.8, 4) is 0 Å². The van der Waals surface area contributed by atoms with Gasteiger partial charge in [-0.15, -0.1) is 11.3 Å². The zero-order valence-corrected chi connectivity index (χ0v) is 14.2. The maximum Gasteiger partial charge on any atom is 0.257 e. The highest BCUT2D eigenvalue weighted by Crippen LogP contribution is 2.22. The topological polar surface area (TPSA) is 69.2 Å². The molecule has 2 N–H and O–H groups in total. The summed E-state index contributed by atoms with van der Waals surface area (Å²) in [6.45, 7) is 2.49. The molecule has 1 aromatic carbocycles. The van der Waals surface area contributed by atoms with Crippen molar-refractivity contribution in [3.05, 3.63) is 75.7 Å². The summed E-state index contributed by atoms with van der Waals surface area (Å²) < 4.78 is 0. The number of nitrogens with zero attached hydrogens (tertiary/aromatic N) is 2. The van der Waals surface area contributed by atoms with Gasteiger partial charge in [0.1, 0.15) is 6.10 Å². The van der Waals surface area contributed by atoms with Gasteiger partial charge < -0.3 is 10.0 Å². The SMILES string of the molecule is Cc1[nH]ncc1C(=O)N(Cc1ccccc1)CC(O)c1cccs1. The Morgan fingerprint density at radius 3 is 2.71 bits per heavy atom. The van der Waals surface area contributed by atoms with Crippen LogP contribution in [0.4, 0.5) is 0 Å². The van der Waals surface area contributed by atoms with Gasteiger partial charge in [-0.05, 0) is 23.9 Å². The zero-order valence-electron chi connectivity index (χ0n) is 13.3. The Kier molecular flexibility index (Phi) is 5.08. The number of aliphatic hydroxyl groups is 1. The van der Waals surface area contributed by atoms with Gasteiger partial charge in [0, 0.05) is 17.1 Å². The second-order valence-corrected chi connectivity index (χ2v) is 6.59. The molecule has 0 aliphatic carbocycles. The van der Waals surface area contributed by atoms with Crippen LogP contribution in [-0.2, 0) is 6.54 Å². The van der Waals surface area contributed by atoms with Crippen LogP contribution in [0.15, 0.2) is 54.0 Å². The van der Waals surface area contributed by atoms with Gasteiger partial charge in [-0.2, -0.15) is 5.10 Å². The Hall–Kier alpha value is -2.44. The molecular weight excluding hydrogens is 322 g/mol. The molecule has 0 bridgehead atoms. The van der Waals surface area contributed by atoms with Gasteiger partial charge >= 0.3 is 0 Å². The molecule has 5 nitrogen and oxygen atoms in total. The van der Waals surface area contributed by atoms with E-state index in [-0.39, 0.29) is 12.5 Å². The molecule has 0 saturated carbocycles. The van der Waals surface area contributed by atoms with E-state index in [4.69, 9.17) is 0 Å². The number of aromatic nitrogens is 2. The summed E-state index contributed by atoms with van der Waals surface area (Å²) in [5.74, 6) is -0.138. The Morgan fingerprint density at radius 1 is 1.29 bits per heavy atom. The van der Waals surface area contributed by atoms with Gasteiger partial charge in [-0.1, -0.05) is 36.4 Å². The predicted molar refractivity (Wildman–Crippen MR) is 93.8 cm³/mol. The van der Waals surface area contributed by atoms with E-state index < -0.39 is 6.10 Å². The average Bonchev–Trinajstić information content (AvgIpc) is 3.26. The monoisotopic (exact) mass is 341 g/mol. The molecular formula is C18H19N3O2S. The highest BCUT2D eigenvalue weighted by atomic mass is 32.1. The third kappa shape index (κ3) is 3.72. The van der Waals surface area contributed by atoms with E-state index >= 15 is 0 Å². The van der Waals surface area contributed by atoms with Crippen LogP contribution in [0.3, 0.4) is 0 Å². The molecule has 1 amide bonds. The standard InChI is InChI=1S/C18H19N3O2S/c1-13-15(10-19-20-13)18(23)21(11-14-6-3-2-4-7-14)12-16(22)17-8-5-9-24-17/h2-10,16,22H,11-12H2,1H3,(H,19,20). The number of aliphatic hydroxyl groups excluding tert-OH is 1. The van der Waals surface area contributed by atoms with Crippen molar-refractivity contribution in [2.75, 3.05) is 6.54 Å². The summed E-state index contributed by atoms with van der Waals surface area (Å²) in [5.41, 5.74) is 2.28. The Bertz CT molecular complexity index is 784. The van der Waals surface area contributed by atoms with Crippen molar-refractivity contribution in [2.45, 2.75) is 19.6 Å². The lowest BCUT2D eigenvalue weighted by Gasteiger charge is -2.25. The van der Waals surface area contributed by atoms with Gasteiger partial charge in [-0.25, -0.2) is 0 Å². The quantitative estimate of drug-likeness (QED) is 0.723. The second kappa shape index (κ2) is 7.42. The zero-order chi connectivity index (χ0) is 16.9. The molecule has 0 fully saturated rings. The van der Waals surface area contributed by atoms with Gasteiger partial charge in [-0.3, -0.25) is 9.89 Å². The van der Waals surface area contributed by atoms with Crippen molar-refractivity contribution in [2.24, 2.45) is 0 Å². The summed E-state index contributed by atoms with van der Waals surface area (Å²) >= 11 is 1.49. The predicted octanol–water partition coefficient (Wildman–Crippen LogP) is 3.16. The molecule has 24 heavy (non-hydrogen) atoms. The van der Waals surface area contributed by atoms with Crippen molar-refractivity contribution < 1.29 is 9.90 Å². The van der Waals surface area contributed by atoms with Crippen LogP contribution in [0, 0.1) is 6.92 Å². The highest BCUT2D eigenvalue weighted by Gasteiger charge is 2.23. The third-order valence-electron chi connectivity index (χ3n) is 3.83. The minimum absolute atomic E-state index is 0.138. The largest absolute Gasteiger partial charge is 0.386 e. The van der Waals surface area contributed by atoms with Crippen LogP contribution in [0.2, 0.25) is 0 Å². The molecule has 124 valence electrons. The molecule has 3 rings (SSSR count). The third-order valence-corrected chi connectivity index (χ3v) is 4.80. The lowest BCUT2D eigenvalue weighted by atomic mass is 10.1. The molecule has 6 heteroatoms. The first kappa shape index (κ1) is 16.4. The Labute approximate surface area is 144 Å². The number of aromatic amines is 1. The lowest BCUT2D eigenvalue weighted by Crippen LogP contribution is -2.34. The van der Waals surface area contributed by atoms with Crippen LogP contribution < -0.4 is 0 Å². The van der Waals surface area contributed by atoms with E-state index in [0.717, 1.165) is 16.1 Å². The van der Waals surface area contributed by atoms with Crippen molar-refractivity contribution >= 4 is 17.2 Å². The Morgan fingerprint density at radius 2 is 2.08 bits per heavy atom. The number of H-pyrrole nitrogens is 1. The first-order valence-electron chi connectivity index (χ1n) is 7.70. The van der Waals surface area contributed by atoms with Crippen LogP contribution >= 0.6 is 11.3 Å². The number of amides is 1. The fraction of sp³-hybridized carbons (Fsp3) is 0.222. The lowest BCUT2D eigenvalue weighted by molar-refractivity contribution is 0.0608.